The first-order chi connectivity index (χ1) is 8.38. The number of carbonyl (C=O) groups is 1. The topological polar surface area (TPSA) is 67.8 Å². The Hall–Kier alpha value is -0.860. The van der Waals surface area contributed by atoms with E-state index in [-0.39, 0.29) is 11.3 Å². The maximum Gasteiger partial charge on any atom is 0.271 e. The molecule has 2 rings (SSSR count). The zero-order valence-electron chi connectivity index (χ0n) is 10.0. The number of halogens is 1. The zero-order chi connectivity index (χ0) is 13.3. The largest absolute Gasteiger partial charge is 0.297 e. The number of aromatic nitrogens is 3. The van der Waals surface area contributed by atoms with Crippen LogP contribution in [0.25, 0.3) is 0 Å². The van der Waals surface area contributed by atoms with Crippen LogP contribution in [0.3, 0.4) is 0 Å². The summed E-state index contributed by atoms with van der Waals surface area (Å²) in [5.41, 5.74) is 0.504. The van der Waals surface area contributed by atoms with Crippen molar-refractivity contribution in [2.45, 2.75) is 26.2 Å². The van der Waals surface area contributed by atoms with E-state index in [0.29, 0.717) is 15.7 Å². The molecule has 0 spiro atoms. The van der Waals surface area contributed by atoms with Crippen LogP contribution in [0.5, 0.6) is 0 Å². The summed E-state index contributed by atoms with van der Waals surface area (Å²) in [5, 5.41) is 7.34. The molecule has 1 amide bonds. The van der Waals surface area contributed by atoms with Gasteiger partial charge in [-0.2, -0.15) is 0 Å². The summed E-state index contributed by atoms with van der Waals surface area (Å²) in [7, 11) is 0. The molecule has 18 heavy (non-hydrogen) atoms. The van der Waals surface area contributed by atoms with Gasteiger partial charge in [-0.15, -0.1) is 5.10 Å². The normalized spacial score (nSPS) is 11.6. The predicted molar refractivity (Wildman–Crippen MR) is 76.4 cm³/mol. The first kappa shape index (κ1) is 13.6. The zero-order valence-corrected chi connectivity index (χ0v) is 13.2. The predicted octanol–water partition coefficient (Wildman–Crippen LogP) is 3.31. The summed E-state index contributed by atoms with van der Waals surface area (Å²) < 4.78 is 4.73. The standard InChI is InChI=1S/C10H11BrN4OS2/c1-10(2,3)7-6(18-15-14-7)8(16)13-9-12-4-5(11)17-9/h4H,1-3H3,(H,12,13,16). The summed E-state index contributed by atoms with van der Waals surface area (Å²) in [4.78, 5) is 16.7. The summed E-state index contributed by atoms with van der Waals surface area (Å²) in [6.07, 6.45) is 1.65. The van der Waals surface area contributed by atoms with Crippen LogP contribution in [-0.2, 0) is 5.41 Å². The second-order valence-electron chi connectivity index (χ2n) is 4.62. The van der Waals surface area contributed by atoms with Gasteiger partial charge in [-0.25, -0.2) is 4.98 Å². The summed E-state index contributed by atoms with van der Waals surface area (Å²) in [6.45, 7) is 6.00. The van der Waals surface area contributed by atoms with E-state index in [0.717, 1.165) is 15.3 Å². The monoisotopic (exact) mass is 346 g/mol. The van der Waals surface area contributed by atoms with E-state index >= 15 is 0 Å². The number of thiazole rings is 1. The average molecular weight is 347 g/mol. The van der Waals surface area contributed by atoms with Crippen molar-refractivity contribution in [2.24, 2.45) is 0 Å². The van der Waals surface area contributed by atoms with Gasteiger partial charge in [0, 0.05) is 5.41 Å². The van der Waals surface area contributed by atoms with Gasteiger partial charge < -0.3 is 0 Å². The number of nitrogens with one attached hydrogen (secondary N) is 1. The van der Waals surface area contributed by atoms with E-state index in [2.05, 4.69) is 35.8 Å². The molecular formula is C10H11BrN4OS2. The van der Waals surface area contributed by atoms with Crippen LogP contribution < -0.4 is 5.32 Å². The average Bonchev–Trinajstić information content (AvgIpc) is 2.85. The quantitative estimate of drug-likeness (QED) is 0.905. The maximum absolute atomic E-state index is 12.1. The molecule has 0 saturated carbocycles. The van der Waals surface area contributed by atoms with Gasteiger partial charge in [0.2, 0.25) is 0 Å². The van der Waals surface area contributed by atoms with Gasteiger partial charge >= 0.3 is 0 Å². The highest BCUT2D eigenvalue weighted by Crippen LogP contribution is 2.28. The van der Waals surface area contributed by atoms with Crippen LogP contribution in [0.4, 0.5) is 5.13 Å². The Morgan fingerprint density at radius 3 is 2.72 bits per heavy atom. The van der Waals surface area contributed by atoms with Gasteiger partial charge in [-0.1, -0.05) is 36.6 Å². The molecule has 2 heterocycles. The summed E-state index contributed by atoms with van der Waals surface area (Å²) in [6, 6.07) is 0. The van der Waals surface area contributed by atoms with Crippen molar-refractivity contribution in [3.63, 3.8) is 0 Å². The molecule has 1 N–H and O–H groups in total. The second-order valence-corrected chi connectivity index (χ2v) is 7.79. The summed E-state index contributed by atoms with van der Waals surface area (Å²) in [5.74, 6) is -0.211. The fraction of sp³-hybridized carbons (Fsp3) is 0.400. The lowest BCUT2D eigenvalue weighted by Crippen LogP contribution is -2.19. The van der Waals surface area contributed by atoms with Gasteiger partial charge in [-0.3, -0.25) is 10.1 Å². The lowest BCUT2D eigenvalue weighted by atomic mass is 9.91. The van der Waals surface area contributed by atoms with E-state index < -0.39 is 0 Å². The van der Waals surface area contributed by atoms with Crippen molar-refractivity contribution >= 4 is 49.8 Å². The Morgan fingerprint density at radius 2 is 2.17 bits per heavy atom. The molecule has 2 aromatic rings. The molecule has 0 aliphatic rings. The first-order valence-electron chi connectivity index (χ1n) is 5.13. The molecule has 0 aliphatic heterocycles. The first-order valence-corrected chi connectivity index (χ1v) is 7.52. The molecule has 0 aromatic carbocycles. The Kier molecular flexibility index (Phi) is 3.79. The Bertz CT molecular complexity index is 572. The molecule has 0 atom stereocenters. The van der Waals surface area contributed by atoms with Crippen LogP contribution in [-0.4, -0.2) is 20.5 Å². The van der Waals surface area contributed by atoms with E-state index in [1.54, 1.807) is 6.20 Å². The number of carbonyl (C=O) groups excluding carboxylic acids is 1. The van der Waals surface area contributed by atoms with Crippen LogP contribution >= 0.6 is 38.8 Å². The minimum absolute atomic E-state index is 0.205. The molecule has 0 aliphatic carbocycles. The molecule has 0 unspecified atom stereocenters. The molecule has 0 saturated heterocycles. The Balaban J connectivity index is 2.22. The fourth-order valence-corrected chi connectivity index (χ4v) is 3.17. The minimum atomic E-state index is -0.211. The van der Waals surface area contributed by atoms with Crippen molar-refractivity contribution in [2.75, 3.05) is 5.32 Å². The van der Waals surface area contributed by atoms with Gasteiger partial charge in [0.25, 0.3) is 5.91 Å². The van der Waals surface area contributed by atoms with Crippen LogP contribution in [0.1, 0.15) is 36.1 Å². The number of anilines is 1. The molecule has 0 radical (unpaired) electrons. The lowest BCUT2D eigenvalue weighted by Gasteiger charge is -2.15. The Labute approximate surface area is 121 Å². The Morgan fingerprint density at radius 1 is 1.44 bits per heavy atom. The number of amides is 1. The fourth-order valence-electron chi connectivity index (χ4n) is 1.30. The molecular weight excluding hydrogens is 336 g/mol. The molecule has 5 nitrogen and oxygen atoms in total. The van der Waals surface area contributed by atoms with E-state index in [1.165, 1.54) is 11.3 Å². The van der Waals surface area contributed by atoms with Crippen molar-refractivity contribution in [3.8, 4) is 0 Å². The third-order valence-electron chi connectivity index (χ3n) is 2.10. The van der Waals surface area contributed by atoms with Crippen LogP contribution in [0, 0.1) is 0 Å². The van der Waals surface area contributed by atoms with E-state index in [1.807, 2.05) is 20.8 Å². The van der Waals surface area contributed by atoms with Crippen LogP contribution in [0.15, 0.2) is 9.98 Å². The van der Waals surface area contributed by atoms with Gasteiger partial charge in [-0.05, 0) is 27.5 Å². The molecule has 0 fully saturated rings. The maximum atomic E-state index is 12.1. The van der Waals surface area contributed by atoms with E-state index in [9.17, 15) is 4.79 Å². The number of nitrogens with zero attached hydrogens (tertiary/aromatic N) is 3. The number of rotatable bonds is 2. The van der Waals surface area contributed by atoms with Crippen molar-refractivity contribution < 1.29 is 4.79 Å². The SMILES string of the molecule is CC(C)(C)c1nnsc1C(=O)Nc1ncc(Br)s1. The number of hydrogen-bond acceptors (Lipinski definition) is 6. The van der Waals surface area contributed by atoms with Gasteiger partial charge in [0.15, 0.2) is 5.13 Å². The highest BCUT2D eigenvalue weighted by Gasteiger charge is 2.26. The third-order valence-corrected chi connectivity index (χ3v) is 4.22. The van der Waals surface area contributed by atoms with Crippen LogP contribution in [0.2, 0.25) is 0 Å². The minimum Gasteiger partial charge on any atom is -0.297 e. The lowest BCUT2D eigenvalue weighted by molar-refractivity contribution is 0.102. The van der Waals surface area contributed by atoms with Crippen molar-refractivity contribution in [1.82, 2.24) is 14.6 Å². The van der Waals surface area contributed by atoms with Crippen molar-refractivity contribution in [1.29, 1.82) is 0 Å². The van der Waals surface area contributed by atoms with Gasteiger partial charge in [0.1, 0.15) is 4.88 Å². The number of hydrogen-bond donors (Lipinski definition) is 1. The van der Waals surface area contributed by atoms with Crippen molar-refractivity contribution in [3.05, 3.63) is 20.6 Å². The molecule has 96 valence electrons. The smallest absolute Gasteiger partial charge is 0.271 e. The third kappa shape index (κ3) is 2.93. The highest BCUT2D eigenvalue weighted by atomic mass is 79.9. The van der Waals surface area contributed by atoms with E-state index in [4.69, 9.17) is 0 Å². The van der Waals surface area contributed by atoms with Gasteiger partial charge in [0.05, 0.1) is 15.7 Å². The highest BCUT2D eigenvalue weighted by molar-refractivity contribution is 9.11. The summed E-state index contributed by atoms with van der Waals surface area (Å²) >= 11 is 5.77. The molecule has 0 bridgehead atoms. The molecule has 8 heteroatoms. The second kappa shape index (κ2) is 5.02. The molecule has 2 aromatic heterocycles.